The van der Waals surface area contributed by atoms with Crippen molar-refractivity contribution in [1.82, 2.24) is 5.01 Å². The van der Waals surface area contributed by atoms with Crippen molar-refractivity contribution in [1.29, 1.82) is 0 Å². The molecule has 2 bridgehead atoms. The first-order valence-electron chi connectivity index (χ1n) is 9.99. The molecule has 0 N–H and O–H groups in total. The first-order valence-corrected chi connectivity index (χ1v) is 9.99. The lowest BCUT2D eigenvalue weighted by molar-refractivity contribution is -0.140. The van der Waals surface area contributed by atoms with Crippen molar-refractivity contribution in [3.8, 4) is 5.75 Å². The summed E-state index contributed by atoms with van der Waals surface area (Å²) in [6.07, 6.45) is 6.65. The van der Waals surface area contributed by atoms with E-state index in [0.29, 0.717) is 12.4 Å². The van der Waals surface area contributed by atoms with Gasteiger partial charge in [-0.25, -0.2) is 0 Å². The Kier molecular flexibility index (Phi) is 4.31. The second-order valence-corrected chi connectivity index (χ2v) is 8.08. The van der Waals surface area contributed by atoms with Crippen LogP contribution in [0.2, 0.25) is 0 Å². The van der Waals surface area contributed by atoms with Gasteiger partial charge in [0.1, 0.15) is 12.4 Å². The molecule has 5 heteroatoms. The molecule has 0 spiro atoms. The number of fused-ring (bicyclic) bond motifs is 5. The highest BCUT2D eigenvalue weighted by molar-refractivity contribution is 6.06. The number of nitrogens with zero attached hydrogens (tertiary/aromatic N) is 2. The largest absolute Gasteiger partial charge is 0.489 e. The molecule has 1 heterocycles. The zero-order chi connectivity index (χ0) is 20.0. The third kappa shape index (κ3) is 3.16. The van der Waals surface area contributed by atoms with Gasteiger partial charge in [-0.05, 0) is 48.4 Å². The summed E-state index contributed by atoms with van der Waals surface area (Å²) in [4.78, 5) is 25.4. The summed E-state index contributed by atoms with van der Waals surface area (Å²) in [5.41, 5.74) is 3.09. The van der Waals surface area contributed by atoms with Crippen LogP contribution in [-0.2, 0) is 16.2 Å². The lowest BCUT2D eigenvalue weighted by Crippen LogP contribution is -2.28. The Balaban J connectivity index is 1.27. The Bertz CT molecular complexity index is 995. The summed E-state index contributed by atoms with van der Waals surface area (Å²) in [7, 11) is 0. The average Bonchev–Trinajstić information content (AvgIpc) is 3.41. The van der Waals surface area contributed by atoms with Gasteiger partial charge in [-0.1, -0.05) is 54.1 Å². The lowest BCUT2D eigenvalue weighted by atomic mass is 9.85. The zero-order valence-electron chi connectivity index (χ0n) is 16.2. The molecular formula is C24H22N2O3. The van der Waals surface area contributed by atoms with Crippen LogP contribution in [0.3, 0.4) is 0 Å². The van der Waals surface area contributed by atoms with Crippen LogP contribution in [0, 0.1) is 30.6 Å². The van der Waals surface area contributed by atoms with E-state index in [9.17, 15) is 9.59 Å². The SMILES string of the molecule is Cc1ccc(COc2cccc(/C=N/N3C(=O)C4C5C=CC(C5)C4C3=O)c2)cc1. The molecule has 4 unspecified atom stereocenters. The third-order valence-corrected chi connectivity index (χ3v) is 6.15. The molecule has 3 aliphatic rings. The molecular weight excluding hydrogens is 364 g/mol. The second-order valence-electron chi connectivity index (χ2n) is 8.08. The van der Waals surface area contributed by atoms with Crippen molar-refractivity contribution < 1.29 is 14.3 Å². The van der Waals surface area contributed by atoms with E-state index < -0.39 is 0 Å². The Hall–Kier alpha value is -3.21. The van der Waals surface area contributed by atoms with Crippen LogP contribution < -0.4 is 4.74 Å². The van der Waals surface area contributed by atoms with E-state index >= 15 is 0 Å². The fourth-order valence-corrected chi connectivity index (χ4v) is 4.66. The number of hydrogen-bond acceptors (Lipinski definition) is 4. The number of amides is 2. The van der Waals surface area contributed by atoms with E-state index in [1.165, 1.54) is 5.56 Å². The molecule has 1 saturated heterocycles. The average molecular weight is 386 g/mol. The van der Waals surface area contributed by atoms with Crippen molar-refractivity contribution >= 4 is 18.0 Å². The van der Waals surface area contributed by atoms with Crippen LogP contribution in [0.15, 0.2) is 65.8 Å². The highest BCUT2D eigenvalue weighted by atomic mass is 16.5. The molecule has 1 aliphatic heterocycles. The van der Waals surface area contributed by atoms with Crippen LogP contribution in [0.5, 0.6) is 5.75 Å². The minimum atomic E-state index is -0.223. The van der Waals surface area contributed by atoms with Gasteiger partial charge in [-0.2, -0.15) is 10.1 Å². The van der Waals surface area contributed by atoms with Crippen LogP contribution >= 0.6 is 0 Å². The van der Waals surface area contributed by atoms with Crippen LogP contribution in [0.25, 0.3) is 0 Å². The summed E-state index contributed by atoms with van der Waals surface area (Å²) >= 11 is 0. The number of carbonyl (C=O) groups excluding carboxylic acids is 2. The topological polar surface area (TPSA) is 59.0 Å². The Morgan fingerprint density at radius 3 is 2.41 bits per heavy atom. The Morgan fingerprint density at radius 1 is 1.03 bits per heavy atom. The van der Waals surface area contributed by atoms with Crippen LogP contribution in [0.4, 0.5) is 0 Å². The van der Waals surface area contributed by atoms with Crippen LogP contribution in [0.1, 0.15) is 23.1 Å². The van der Waals surface area contributed by atoms with Gasteiger partial charge in [0.15, 0.2) is 0 Å². The van der Waals surface area contributed by atoms with Crippen molar-refractivity contribution in [3.05, 3.63) is 77.4 Å². The second kappa shape index (κ2) is 6.99. The normalized spacial score (nSPS) is 27.3. The van der Waals surface area contributed by atoms with Gasteiger partial charge >= 0.3 is 0 Å². The fourth-order valence-electron chi connectivity index (χ4n) is 4.66. The number of aryl methyl sites for hydroxylation is 1. The number of imide groups is 1. The number of carbonyl (C=O) groups is 2. The van der Waals surface area contributed by atoms with E-state index in [1.54, 1.807) is 6.21 Å². The number of hydrazone groups is 1. The van der Waals surface area contributed by atoms with Gasteiger partial charge in [-0.3, -0.25) is 9.59 Å². The van der Waals surface area contributed by atoms with Crippen molar-refractivity contribution in [3.63, 3.8) is 0 Å². The van der Waals surface area contributed by atoms with E-state index in [1.807, 2.05) is 36.4 Å². The molecule has 2 aromatic carbocycles. The summed E-state index contributed by atoms with van der Waals surface area (Å²) in [6, 6.07) is 15.7. The van der Waals surface area contributed by atoms with E-state index in [4.69, 9.17) is 4.74 Å². The van der Waals surface area contributed by atoms with Gasteiger partial charge in [0, 0.05) is 0 Å². The molecule has 2 aliphatic carbocycles. The number of hydrogen-bond donors (Lipinski definition) is 0. The third-order valence-electron chi connectivity index (χ3n) is 6.15. The number of ether oxygens (including phenoxy) is 1. The molecule has 0 radical (unpaired) electrons. The fraction of sp³-hybridized carbons (Fsp3) is 0.292. The number of rotatable bonds is 5. The molecule has 2 aromatic rings. The first-order chi connectivity index (χ1) is 14.1. The predicted molar refractivity (Wildman–Crippen MR) is 109 cm³/mol. The quantitative estimate of drug-likeness (QED) is 0.447. The van der Waals surface area contributed by atoms with Crippen molar-refractivity contribution in [2.75, 3.05) is 0 Å². The van der Waals surface area contributed by atoms with Gasteiger partial charge in [0.05, 0.1) is 18.1 Å². The molecule has 4 atom stereocenters. The van der Waals surface area contributed by atoms with E-state index in [-0.39, 0.29) is 35.5 Å². The highest BCUT2D eigenvalue weighted by Gasteiger charge is 2.59. The lowest BCUT2D eigenvalue weighted by Gasteiger charge is -2.13. The van der Waals surface area contributed by atoms with E-state index in [0.717, 1.165) is 22.6 Å². The molecule has 2 fully saturated rings. The maximum atomic E-state index is 12.7. The minimum absolute atomic E-state index is 0.167. The van der Waals surface area contributed by atoms with E-state index in [2.05, 4.69) is 36.3 Å². The summed E-state index contributed by atoms with van der Waals surface area (Å²) in [5, 5.41) is 5.30. The molecule has 5 nitrogen and oxygen atoms in total. The van der Waals surface area contributed by atoms with Gasteiger partial charge in [-0.15, -0.1) is 0 Å². The monoisotopic (exact) mass is 386 g/mol. The molecule has 0 aromatic heterocycles. The summed E-state index contributed by atoms with van der Waals surface area (Å²) in [5.74, 6) is 0.324. The van der Waals surface area contributed by atoms with Crippen molar-refractivity contribution in [2.45, 2.75) is 20.0 Å². The van der Waals surface area contributed by atoms with Gasteiger partial charge in [0.25, 0.3) is 11.8 Å². The summed E-state index contributed by atoms with van der Waals surface area (Å²) < 4.78 is 5.87. The Labute approximate surface area is 169 Å². The molecule has 1 saturated carbocycles. The molecule has 146 valence electrons. The smallest absolute Gasteiger partial charge is 0.254 e. The van der Waals surface area contributed by atoms with Gasteiger partial charge < -0.3 is 4.74 Å². The minimum Gasteiger partial charge on any atom is -0.489 e. The molecule has 2 amide bonds. The zero-order valence-corrected chi connectivity index (χ0v) is 16.2. The maximum absolute atomic E-state index is 12.7. The molecule has 5 rings (SSSR count). The van der Waals surface area contributed by atoms with Gasteiger partial charge in [0.2, 0.25) is 0 Å². The van der Waals surface area contributed by atoms with Crippen LogP contribution in [-0.4, -0.2) is 23.0 Å². The molecule has 29 heavy (non-hydrogen) atoms. The predicted octanol–water partition coefficient (Wildman–Crippen LogP) is 3.72. The number of benzene rings is 2. The highest BCUT2D eigenvalue weighted by Crippen LogP contribution is 2.52. The Morgan fingerprint density at radius 2 is 1.72 bits per heavy atom. The van der Waals surface area contributed by atoms with Crippen molar-refractivity contribution in [2.24, 2.45) is 28.8 Å². The number of allylic oxidation sites excluding steroid dienone is 2. The first kappa shape index (κ1) is 17.9. The standard InChI is InChI=1S/C24H22N2O3/c1-15-5-7-16(8-6-15)14-29-20-4-2-3-17(11-20)13-25-26-23(27)21-18-9-10-19(12-18)22(21)24(26)28/h2-11,13,18-19,21-22H,12,14H2,1H3/b25-13+. The summed E-state index contributed by atoms with van der Waals surface area (Å²) in [6.45, 7) is 2.53. The maximum Gasteiger partial charge on any atom is 0.254 e.